The summed E-state index contributed by atoms with van der Waals surface area (Å²) in [5.41, 5.74) is -0.0125. The van der Waals surface area contributed by atoms with Crippen LogP contribution in [-0.2, 0) is 19.1 Å². The Morgan fingerprint density at radius 2 is 2.05 bits per heavy atom. The molecular formula is C34H40N2O5S2. The fourth-order valence-corrected chi connectivity index (χ4v) is 12.2. The first-order valence-corrected chi connectivity index (χ1v) is 17.9. The molecule has 4 saturated carbocycles. The molecule has 0 amide bonds. The Bertz CT molecular complexity index is 1500. The lowest BCUT2D eigenvalue weighted by atomic mass is 9.46. The molecule has 5 unspecified atom stereocenters. The maximum Gasteiger partial charge on any atom is 0.178 e. The standard InChI is InChI=1S/C34H40N2O5S2/c1-32-13-12-21(37)15-20(32)10-11-22-23-16-27-34(33(23,2)17-25(38)28(22)32,41-30(40-27)19-7-4-3-5-8-19)26(39)18-42-31-36-24-9-6-14-35-29(24)43-31/h6,9,12-15,19,22-23,25,27-28,30,38H,3-5,7-8,10-11,16-18H2,1-2H3/t22?,23?,25-,27+,28?,30+,32?,33?,34+/m0/s1. The van der Waals surface area contributed by atoms with Crippen molar-refractivity contribution in [2.45, 2.75) is 100 Å². The molecular weight excluding hydrogens is 581 g/mol. The Morgan fingerprint density at radius 1 is 1.21 bits per heavy atom. The smallest absolute Gasteiger partial charge is 0.178 e. The van der Waals surface area contributed by atoms with E-state index >= 15 is 0 Å². The lowest BCUT2D eigenvalue weighted by Gasteiger charge is -2.59. The Labute approximate surface area is 260 Å². The predicted octanol–water partition coefficient (Wildman–Crippen LogP) is 6.30. The Hall–Kier alpha value is -1.91. The molecule has 7 nitrogen and oxygen atoms in total. The van der Waals surface area contributed by atoms with Gasteiger partial charge in [-0.1, -0.05) is 67.9 Å². The van der Waals surface area contributed by atoms with Gasteiger partial charge in [0.2, 0.25) is 0 Å². The first-order chi connectivity index (χ1) is 20.7. The average molecular weight is 621 g/mol. The van der Waals surface area contributed by atoms with Crippen LogP contribution in [0.25, 0.3) is 10.3 Å². The number of aliphatic hydroxyl groups excluding tert-OH is 1. The van der Waals surface area contributed by atoms with E-state index in [0.717, 1.165) is 52.4 Å². The average Bonchev–Trinajstić information content (AvgIpc) is 3.66. The van der Waals surface area contributed by atoms with Crippen LogP contribution in [0.15, 0.2) is 46.5 Å². The van der Waals surface area contributed by atoms with Gasteiger partial charge in [0.05, 0.1) is 18.0 Å². The molecule has 9 heteroatoms. The van der Waals surface area contributed by atoms with Gasteiger partial charge in [-0.15, -0.1) is 0 Å². The molecule has 5 fully saturated rings. The number of thiazole rings is 1. The molecule has 2 aromatic rings. The van der Waals surface area contributed by atoms with Gasteiger partial charge >= 0.3 is 0 Å². The van der Waals surface area contributed by atoms with E-state index in [2.05, 4.69) is 18.8 Å². The van der Waals surface area contributed by atoms with Gasteiger partial charge in [-0.3, -0.25) is 9.59 Å². The van der Waals surface area contributed by atoms with Crippen LogP contribution in [0, 0.1) is 34.5 Å². The molecule has 0 radical (unpaired) electrons. The van der Waals surface area contributed by atoms with Gasteiger partial charge in [-0.25, -0.2) is 9.97 Å². The van der Waals surface area contributed by atoms with Crippen LogP contribution in [0.3, 0.4) is 0 Å². The minimum atomic E-state index is -1.09. The molecule has 8 rings (SSSR count). The van der Waals surface area contributed by atoms with Gasteiger partial charge in [-0.05, 0) is 74.6 Å². The van der Waals surface area contributed by atoms with Crippen molar-refractivity contribution in [2.75, 3.05) is 5.75 Å². The number of Topliss-reactive ketones (excluding diaryl/α,β-unsaturated/α-hetero) is 1. The van der Waals surface area contributed by atoms with Crippen LogP contribution in [0.1, 0.15) is 71.6 Å². The maximum atomic E-state index is 14.7. The van der Waals surface area contributed by atoms with Crippen LogP contribution < -0.4 is 0 Å². The molecule has 1 saturated heterocycles. The molecule has 0 bridgehead atoms. The lowest BCUT2D eigenvalue weighted by Crippen LogP contribution is -2.63. The molecule has 1 aliphatic heterocycles. The van der Waals surface area contributed by atoms with E-state index in [9.17, 15) is 14.7 Å². The third-order valence-electron chi connectivity index (χ3n) is 12.2. The number of hydrogen-bond donors (Lipinski definition) is 1. The number of aliphatic hydroxyl groups is 1. The Morgan fingerprint density at radius 3 is 2.86 bits per heavy atom. The number of aromatic nitrogens is 2. The quantitative estimate of drug-likeness (QED) is 0.389. The summed E-state index contributed by atoms with van der Waals surface area (Å²) in [6.45, 7) is 4.40. The summed E-state index contributed by atoms with van der Waals surface area (Å²) >= 11 is 2.99. The summed E-state index contributed by atoms with van der Waals surface area (Å²) in [7, 11) is 0. The fraction of sp³-hybridized carbons (Fsp3) is 0.647. The van der Waals surface area contributed by atoms with Crippen molar-refractivity contribution in [1.82, 2.24) is 9.97 Å². The summed E-state index contributed by atoms with van der Waals surface area (Å²) in [5.74, 6) is 1.06. The number of ether oxygens (including phenoxy) is 2. The van der Waals surface area contributed by atoms with Crippen molar-refractivity contribution >= 4 is 45.0 Å². The molecule has 2 aromatic heterocycles. The highest BCUT2D eigenvalue weighted by atomic mass is 32.2. The molecule has 9 atom stereocenters. The third kappa shape index (κ3) is 4.17. The topological polar surface area (TPSA) is 98.6 Å². The molecule has 43 heavy (non-hydrogen) atoms. The fourth-order valence-electron chi connectivity index (χ4n) is 10.3. The van der Waals surface area contributed by atoms with Crippen molar-refractivity contribution in [3.63, 3.8) is 0 Å². The van der Waals surface area contributed by atoms with Crippen molar-refractivity contribution in [3.05, 3.63) is 42.1 Å². The second-order valence-corrected chi connectivity index (χ2v) is 16.4. The normalized spacial score (nSPS) is 42.3. The first-order valence-electron chi connectivity index (χ1n) is 16.1. The van der Waals surface area contributed by atoms with E-state index < -0.39 is 17.1 Å². The van der Waals surface area contributed by atoms with Crippen LogP contribution in [0.5, 0.6) is 0 Å². The van der Waals surface area contributed by atoms with Crippen molar-refractivity contribution in [1.29, 1.82) is 0 Å². The number of hydrogen-bond acceptors (Lipinski definition) is 9. The number of rotatable bonds is 5. The van der Waals surface area contributed by atoms with E-state index in [4.69, 9.17) is 14.5 Å². The second-order valence-electron chi connectivity index (χ2n) is 14.2. The van der Waals surface area contributed by atoms with Gasteiger partial charge in [0.15, 0.2) is 27.8 Å². The number of thioether (sulfide) groups is 1. The zero-order chi connectivity index (χ0) is 29.6. The third-order valence-corrected chi connectivity index (χ3v) is 14.3. The monoisotopic (exact) mass is 620 g/mol. The van der Waals surface area contributed by atoms with Gasteiger partial charge < -0.3 is 14.6 Å². The van der Waals surface area contributed by atoms with Gasteiger partial charge in [0, 0.05) is 28.9 Å². The second kappa shape index (κ2) is 10.3. The Kier molecular flexibility index (Phi) is 6.85. The number of nitrogens with zero attached hydrogens (tertiary/aromatic N) is 2. The van der Waals surface area contributed by atoms with Gasteiger partial charge in [0.25, 0.3) is 0 Å². The van der Waals surface area contributed by atoms with Gasteiger partial charge in [-0.2, -0.15) is 0 Å². The number of allylic oxidation sites excluding steroid dienone is 4. The molecule has 1 N–H and O–H groups in total. The summed E-state index contributed by atoms with van der Waals surface area (Å²) in [6, 6.07) is 3.83. The van der Waals surface area contributed by atoms with E-state index in [1.165, 1.54) is 42.4 Å². The number of fused-ring (bicyclic) bond motifs is 8. The lowest BCUT2D eigenvalue weighted by molar-refractivity contribution is -0.207. The number of pyridine rings is 1. The number of carbonyl (C=O) groups is 2. The highest BCUT2D eigenvalue weighted by molar-refractivity contribution is 8.01. The Balaban J connectivity index is 1.13. The minimum Gasteiger partial charge on any atom is -0.393 e. The van der Waals surface area contributed by atoms with Crippen LogP contribution >= 0.6 is 23.1 Å². The van der Waals surface area contributed by atoms with Crippen LogP contribution in [-0.4, -0.2) is 56.5 Å². The highest BCUT2D eigenvalue weighted by Crippen LogP contribution is 2.70. The molecule has 0 aromatic carbocycles. The van der Waals surface area contributed by atoms with E-state index in [0.29, 0.717) is 12.3 Å². The van der Waals surface area contributed by atoms with Crippen LogP contribution in [0.2, 0.25) is 0 Å². The summed E-state index contributed by atoms with van der Waals surface area (Å²) in [4.78, 5) is 37.0. The van der Waals surface area contributed by atoms with Crippen LogP contribution in [0.4, 0.5) is 0 Å². The van der Waals surface area contributed by atoms with Crippen molar-refractivity contribution in [2.24, 2.45) is 34.5 Å². The minimum absolute atomic E-state index is 0.000307. The summed E-state index contributed by atoms with van der Waals surface area (Å²) in [5, 5.41) is 12.0. The summed E-state index contributed by atoms with van der Waals surface area (Å²) in [6.07, 6.45) is 14.7. The zero-order valence-corrected chi connectivity index (χ0v) is 26.5. The summed E-state index contributed by atoms with van der Waals surface area (Å²) < 4.78 is 14.7. The zero-order valence-electron chi connectivity index (χ0n) is 24.9. The van der Waals surface area contributed by atoms with Crippen molar-refractivity contribution < 1.29 is 24.2 Å². The molecule has 228 valence electrons. The largest absolute Gasteiger partial charge is 0.393 e. The highest BCUT2D eigenvalue weighted by Gasteiger charge is 2.76. The SMILES string of the molecule is CC12C=CC(=O)C=C1CCC1C2[C@@H](O)CC2(C)C1C[C@H]1O[C@@H](C3CCCCC3)O[C@]12C(=O)CSc1nc2cccnc2s1. The molecule has 6 aliphatic rings. The van der Waals surface area contributed by atoms with E-state index in [1.54, 1.807) is 18.3 Å². The van der Waals surface area contributed by atoms with Crippen molar-refractivity contribution in [3.8, 4) is 0 Å². The molecule has 5 aliphatic carbocycles. The maximum absolute atomic E-state index is 14.7. The van der Waals surface area contributed by atoms with E-state index in [1.807, 2.05) is 18.2 Å². The molecule has 3 heterocycles. The predicted molar refractivity (Wildman–Crippen MR) is 166 cm³/mol. The van der Waals surface area contributed by atoms with E-state index in [-0.39, 0.29) is 52.9 Å². The first kappa shape index (κ1) is 28.6. The number of ketones is 2. The molecule has 0 spiro atoms. The number of carbonyl (C=O) groups excluding carboxylic acids is 2. The van der Waals surface area contributed by atoms with Gasteiger partial charge in [0.1, 0.15) is 10.3 Å².